The number of carbonyl (C=O) groups excluding carboxylic acids is 1. The van der Waals surface area contributed by atoms with Gasteiger partial charge in [0, 0.05) is 6.04 Å². The number of rotatable bonds is 2. The lowest BCUT2D eigenvalue weighted by Crippen LogP contribution is -2.47. The van der Waals surface area contributed by atoms with Crippen LogP contribution in [0.25, 0.3) is 0 Å². The first kappa shape index (κ1) is 11.4. The Hall–Kier alpha value is -0.570. The fourth-order valence-electron chi connectivity index (χ4n) is 0.561. The van der Waals surface area contributed by atoms with Gasteiger partial charge in [-0.05, 0) is 19.3 Å². The minimum atomic E-state index is -0.421. The molecule has 0 spiro atoms. The Morgan fingerprint density at radius 3 is 2.00 bits per heavy atom. The fourth-order valence-corrected chi connectivity index (χ4v) is 0.561. The smallest absolute Gasteiger partial charge is 0.236 e. The van der Waals surface area contributed by atoms with Crippen LogP contribution in [0.3, 0.4) is 0 Å². The molecule has 0 aliphatic carbocycles. The monoisotopic (exact) mass is 172 g/mol. The van der Waals surface area contributed by atoms with E-state index in [0.717, 1.165) is 0 Å². The van der Waals surface area contributed by atoms with Crippen molar-refractivity contribution in [2.24, 2.45) is 11.1 Å². The molecule has 0 aromatic carbocycles. The molecular formula is C9H20N2O. The van der Waals surface area contributed by atoms with Crippen LogP contribution in [-0.4, -0.2) is 18.0 Å². The molecule has 0 bridgehead atoms. The molecule has 1 unspecified atom stereocenters. The highest BCUT2D eigenvalue weighted by Crippen LogP contribution is 2.18. The van der Waals surface area contributed by atoms with Crippen LogP contribution in [0.4, 0.5) is 0 Å². The van der Waals surface area contributed by atoms with E-state index >= 15 is 0 Å². The average molecular weight is 172 g/mol. The Morgan fingerprint density at radius 2 is 1.75 bits per heavy atom. The van der Waals surface area contributed by atoms with Gasteiger partial charge in [0.05, 0.1) is 6.04 Å². The summed E-state index contributed by atoms with van der Waals surface area (Å²) in [5, 5.41) is 2.86. The topological polar surface area (TPSA) is 55.1 Å². The highest BCUT2D eigenvalue weighted by atomic mass is 16.2. The van der Waals surface area contributed by atoms with E-state index in [1.54, 1.807) is 6.92 Å². The van der Waals surface area contributed by atoms with Gasteiger partial charge in [0.15, 0.2) is 0 Å². The van der Waals surface area contributed by atoms with Crippen LogP contribution in [0.2, 0.25) is 0 Å². The average Bonchev–Trinajstić information content (AvgIpc) is 1.85. The molecule has 0 fully saturated rings. The number of carbonyl (C=O) groups is 1. The Kier molecular flexibility index (Phi) is 3.71. The first-order valence-corrected chi connectivity index (χ1v) is 4.31. The molecule has 0 radical (unpaired) electrons. The number of hydrogen-bond acceptors (Lipinski definition) is 2. The summed E-state index contributed by atoms with van der Waals surface area (Å²) in [6.07, 6.45) is 0. The van der Waals surface area contributed by atoms with E-state index in [2.05, 4.69) is 26.1 Å². The molecule has 0 aliphatic heterocycles. The zero-order chi connectivity index (χ0) is 9.94. The molecule has 0 aromatic rings. The molecular weight excluding hydrogens is 152 g/mol. The van der Waals surface area contributed by atoms with E-state index in [0.29, 0.717) is 0 Å². The highest BCUT2D eigenvalue weighted by molar-refractivity contribution is 5.81. The first-order valence-electron chi connectivity index (χ1n) is 4.31. The van der Waals surface area contributed by atoms with E-state index in [1.165, 1.54) is 0 Å². The van der Waals surface area contributed by atoms with Crippen LogP contribution in [0.1, 0.15) is 34.6 Å². The molecule has 0 aliphatic rings. The Balaban J connectivity index is 4.02. The van der Waals surface area contributed by atoms with Crippen LogP contribution < -0.4 is 11.1 Å². The maximum absolute atomic E-state index is 11.2. The van der Waals surface area contributed by atoms with E-state index in [1.807, 2.05) is 6.92 Å². The summed E-state index contributed by atoms with van der Waals surface area (Å²) < 4.78 is 0. The van der Waals surface area contributed by atoms with Gasteiger partial charge < -0.3 is 11.1 Å². The van der Waals surface area contributed by atoms with Crippen molar-refractivity contribution in [2.75, 3.05) is 0 Å². The van der Waals surface area contributed by atoms with Crippen LogP contribution in [0.5, 0.6) is 0 Å². The minimum absolute atomic E-state index is 0.0857. The van der Waals surface area contributed by atoms with Crippen molar-refractivity contribution in [2.45, 2.75) is 46.7 Å². The van der Waals surface area contributed by atoms with Gasteiger partial charge in [0.25, 0.3) is 0 Å². The van der Waals surface area contributed by atoms with Crippen molar-refractivity contribution in [1.29, 1.82) is 0 Å². The third kappa shape index (κ3) is 3.72. The van der Waals surface area contributed by atoms with Gasteiger partial charge in [-0.1, -0.05) is 20.8 Å². The largest absolute Gasteiger partial charge is 0.352 e. The van der Waals surface area contributed by atoms with E-state index in [9.17, 15) is 4.79 Å². The fraction of sp³-hybridized carbons (Fsp3) is 0.889. The molecule has 1 amide bonds. The summed E-state index contributed by atoms with van der Waals surface area (Å²) in [5.74, 6) is -0.0857. The number of hydrogen-bond donors (Lipinski definition) is 2. The van der Waals surface area contributed by atoms with E-state index < -0.39 is 6.04 Å². The van der Waals surface area contributed by atoms with E-state index in [-0.39, 0.29) is 17.4 Å². The summed E-state index contributed by atoms with van der Waals surface area (Å²) in [6.45, 7) is 9.92. The normalized spacial score (nSPS) is 16.8. The third-order valence-corrected chi connectivity index (χ3v) is 2.07. The lowest BCUT2D eigenvalue weighted by atomic mass is 9.88. The second-order valence-corrected chi connectivity index (χ2v) is 4.38. The molecule has 3 heteroatoms. The molecule has 0 rings (SSSR count). The second-order valence-electron chi connectivity index (χ2n) is 4.38. The van der Waals surface area contributed by atoms with Crippen molar-refractivity contribution in [3.8, 4) is 0 Å². The van der Waals surface area contributed by atoms with Gasteiger partial charge in [0.2, 0.25) is 5.91 Å². The van der Waals surface area contributed by atoms with Crippen LogP contribution >= 0.6 is 0 Å². The van der Waals surface area contributed by atoms with Gasteiger partial charge in [-0.2, -0.15) is 0 Å². The Labute approximate surface area is 74.7 Å². The zero-order valence-corrected chi connectivity index (χ0v) is 8.64. The standard InChI is InChI=1S/C9H20N2O/c1-6(10)8(12)11-7(2)9(3,4)5/h6-7H,10H2,1-5H3,(H,11,12)/t6-,7?/m0/s1. The molecule has 3 N–H and O–H groups in total. The van der Waals surface area contributed by atoms with Crippen molar-refractivity contribution in [3.63, 3.8) is 0 Å². The number of nitrogens with one attached hydrogen (secondary N) is 1. The van der Waals surface area contributed by atoms with Crippen LogP contribution in [-0.2, 0) is 4.79 Å². The molecule has 0 heterocycles. The zero-order valence-electron chi connectivity index (χ0n) is 8.64. The Bertz CT molecular complexity index is 158. The Morgan fingerprint density at radius 1 is 1.33 bits per heavy atom. The third-order valence-electron chi connectivity index (χ3n) is 2.07. The SMILES string of the molecule is CC(NC(=O)[C@H](C)N)C(C)(C)C. The van der Waals surface area contributed by atoms with Crippen LogP contribution in [0, 0.1) is 5.41 Å². The number of nitrogens with two attached hydrogens (primary N) is 1. The maximum atomic E-state index is 11.2. The van der Waals surface area contributed by atoms with Gasteiger partial charge in [-0.25, -0.2) is 0 Å². The van der Waals surface area contributed by atoms with Crippen molar-refractivity contribution >= 4 is 5.91 Å². The summed E-state index contributed by atoms with van der Waals surface area (Å²) in [7, 11) is 0. The molecule has 2 atom stereocenters. The molecule has 72 valence electrons. The summed E-state index contributed by atoms with van der Waals surface area (Å²) in [5.41, 5.74) is 5.50. The quantitative estimate of drug-likeness (QED) is 0.649. The lowest BCUT2D eigenvalue weighted by molar-refractivity contribution is -0.123. The molecule has 0 saturated heterocycles. The summed E-state index contributed by atoms with van der Waals surface area (Å²) >= 11 is 0. The lowest BCUT2D eigenvalue weighted by Gasteiger charge is -2.28. The van der Waals surface area contributed by atoms with Crippen LogP contribution in [0.15, 0.2) is 0 Å². The van der Waals surface area contributed by atoms with Crippen molar-refractivity contribution in [1.82, 2.24) is 5.32 Å². The van der Waals surface area contributed by atoms with Crippen molar-refractivity contribution < 1.29 is 4.79 Å². The predicted octanol–water partition coefficient (Wildman–Crippen LogP) is 0.884. The number of amides is 1. The predicted molar refractivity (Wildman–Crippen MR) is 50.7 cm³/mol. The highest BCUT2D eigenvalue weighted by Gasteiger charge is 2.22. The van der Waals surface area contributed by atoms with E-state index in [4.69, 9.17) is 5.73 Å². The molecule has 12 heavy (non-hydrogen) atoms. The second kappa shape index (κ2) is 3.90. The molecule has 0 aromatic heterocycles. The van der Waals surface area contributed by atoms with Gasteiger partial charge in [-0.3, -0.25) is 4.79 Å². The van der Waals surface area contributed by atoms with Gasteiger partial charge >= 0.3 is 0 Å². The van der Waals surface area contributed by atoms with Crippen molar-refractivity contribution in [3.05, 3.63) is 0 Å². The molecule has 0 saturated carbocycles. The first-order chi connectivity index (χ1) is 5.25. The molecule has 3 nitrogen and oxygen atoms in total. The minimum Gasteiger partial charge on any atom is -0.352 e. The maximum Gasteiger partial charge on any atom is 0.236 e. The summed E-state index contributed by atoms with van der Waals surface area (Å²) in [6, 6.07) is -0.272. The summed E-state index contributed by atoms with van der Waals surface area (Å²) in [4.78, 5) is 11.2. The van der Waals surface area contributed by atoms with Gasteiger partial charge in [-0.15, -0.1) is 0 Å². The van der Waals surface area contributed by atoms with Gasteiger partial charge in [0.1, 0.15) is 0 Å².